The van der Waals surface area contributed by atoms with Crippen molar-refractivity contribution in [3.63, 3.8) is 0 Å². The Balaban J connectivity index is 3.00. The largest absolute Gasteiger partial charge is 0.0845 e. The topological polar surface area (TPSA) is 0 Å². The van der Waals surface area contributed by atoms with Gasteiger partial charge in [-0.1, -0.05) is 212 Å². The Morgan fingerprint density at radius 1 is 0.286 bits per heavy atom. The fourth-order valence-electron chi connectivity index (χ4n) is 5.46. The molecule has 0 aromatic heterocycles. The van der Waals surface area contributed by atoms with Crippen molar-refractivity contribution in [1.82, 2.24) is 0 Å². The first-order valence-corrected chi connectivity index (χ1v) is 16.9. The molecular formula is C35H69. The van der Waals surface area contributed by atoms with Crippen LogP contribution < -0.4 is 0 Å². The summed E-state index contributed by atoms with van der Waals surface area (Å²) >= 11 is 0. The maximum atomic E-state index is 5.42. The molecule has 0 saturated heterocycles. The van der Waals surface area contributed by atoms with Gasteiger partial charge in [0.15, 0.2) is 0 Å². The molecule has 0 aromatic carbocycles. The van der Waals surface area contributed by atoms with Crippen molar-refractivity contribution in [2.24, 2.45) is 0 Å². The molecule has 0 spiro atoms. The molecule has 0 heterocycles. The minimum atomic E-state index is 1.10. The number of unbranched alkanes of at least 4 members (excludes halogenated alkanes) is 31. The second-order valence-electron chi connectivity index (χ2n) is 11.6. The molecule has 0 bridgehead atoms. The van der Waals surface area contributed by atoms with Crippen molar-refractivity contribution in [3.8, 4) is 0 Å². The summed E-state index contributed by atoms with van der Waals surface area (Å²) in [5, 5.41) is 0. The van der Waals surface area contributed by atoms with Crippen LogP contribution in [0.5, 0.6) is 0 Å². The van der Waals surface area contributed by atoms with Crippen molar-refractivity contribution >= 4 is 0 Å². The minimum Gasteiger partial charge on any atom is -0.0845 e. The van der Waals surface area contributed by atoms with Gasteiger partial charge in [0.05, 0.1) is 0 Å². The van der Waals surface area contributed by atoms with E-state index in [2.05, 4.69) is 6.92 Å². The van der Waals surface area contributed by atoms with Gasteiger partial charge in [-0.05, 0) is 12.8 Å². The monoisotopic (exact) mass is 490 g/mol. The predicted octanol–water partition coefficient (Wildman–Crippen LogP) is 13.5. The Morgan fingerprint density at radius 3 is 0.629 bits per heavy atom. The standard InChI is InChI=1S/C35H69/c1-3-5-7-9-11-13-15-17-19-21-23-25-27-29-31-33-35-34-32-30-28-26-24-22-20-18-16-14-12-10-8-6-4-2/h1,3H,4-35H2,2H3. The molecule has 0 heteroatoms. The molecule has 0 aliphatic rings. The van der Waals surface area contributed by atoms with E-state index in [1.54, 1.807) is 0 Å². The van der Waals surface area contributed by atoms with Crippen molar-refractivity contribution in [2.75, 3.05) is 0 Å². The van der Waals surface area contributed by atoms with E-state index >= 15 is 0 Å². The fraction of sp³-hybridized carbons (Fsp3) is 0.943. The van der Waals surface area contributed by atoms with Crippen LogP contribution in [0.2, 0.25) is 0 Å². The lowest BCUT2D eigenvalue weighted by atomic mass is 10.0. The molecule has 0 N–H and O–H groups in total. The zero-order valence-corrected chi connectivity index (χ0v) is 24.8. The van der Waals surface area contributed by atoms with E-state index in [0.717, 1.165) is 6.42 Å². The second-order valence-corrected chi connectivity index (χ2v) is 11.6. The minimum absolute atomic E-state index is 1.10. The first-order valence-electron chi connectivity index (χ1n) is 16.9. The zero-order chi connectivity index (χ0) is 25.3. The summed E-state index contributed by atoms with van der Waals surface area (Å²) < 4.78 is 0. The Bertz CT molecular complexity index is 357. The average molecular weight is 490 g/mol. The third-order valence-corrected chi connectivity index (χ3v) is 7.97. The summed E-state index contributed by atoms with van der Waals surface area (Å²) in [4.78, 5) is 0. The lowest BCUT2D eigenvalue weighted by Gasteiger charge is -2.04. The average Bonchev–Trinajstić information content (AvgIpc) is 2.87. The molecule has 0 nitrogen and oxygen atoms in total. The molecule has 0 unspecified atom stereocenters. The third kappa shape index (κ3) is 33.7. The van der Waals surface area contributed by atoms with Gasteiger partial charge in [-0.15, -0.1) is 0 Å². The van der Waals surface area contributed by atoms with Crippen LogP contribution in [0.3, 0.4) is 0 Å². The quantitative estimate of drug-likeness (QED) is 0.0824. The smallest absolute Gasteiger partial charge is 0.0348 e. The maximum absolute atomic E-state index is 5.42. The van der Waals surface area contributed by atoms with Crippen LogP contribution in [0, 0.1) is 6.58 Å². The van der Waals surface area contributed by atoms with E-state index in [-0.39, 0.29) is 0 Å². The summed E-state index contributed by atoms with van der Waals surface area (Å²) in [5.41, 5.74) is 0. The summed E-state index contributed by atoms with van der Waals surface area (Å²) in [6.45, 7) is 7.72. The van der Waals surface area contributed by atoms with Crippen molar-refractivity contribution in [1.29, 1.82) is 0 Å². The second kappa shape index (κ2) is 33.7. The van der Waals surface area contributed by atoms with Crippen LogP contribution >= 0.6 is 0 Å². The molecule has 35 heavy (non-hydrogen) atoms. The SMILES string of the molecule is [CH]=CCCCCCCCCCCCCCCCCCCCCCCCCCCCCCCCCC. The maximum Gasteiger partial charge on any atom is -0.0348 e. The summed E-state index contributed by atoms with van der Waals surface area (Å²) in [7, 11) is 0. The van der Waals surface area contributed by atoms with Gasteiger partial charge < -0.3 is 0 Å². The van der Waals surface area contributed by atoms with Gasteiger partial charge >= 0.3 is 0 Å². The Labute approximate surface area is 224 Å². The van der Waals surface area contributed by atoms with E-state index in [1.165, 1.54) is 199 Å². The number of hydrogen-bond donors (Lipinski definition) is 0. The van der Waals surface area contributed by atoms with Gasteiger partial charge in [0, 0.05) is 0 Å². The molecule has 0 fully saturated rings. The van der Waals surface area contributed by atoms with Crippen LogP contribution in [0.15, 0.2) is 6.08 Å². The molecule has 0 saturated carbocycles. The highest BCUT2D eigenvalue weighted by Crippen LogP contribution is 2.16. The van der Waals surface area contributed by atoms with Gasteiger partial charge in [-0.3, -0.25) is 0 Å². The van der Waals surface area contributed by atoms with E-state index in [1.807, 2.05) is 6.08 Å². The van der Waals surface area contributed by atoms with E-state index in [9.17, 15) is 0 Å². The number of allylic oxidation sites excluding steroid dienone is 1. The van der Waals surface area contributed by atoms with Crippen molar-refractivity contribution in [3.05, 3.63) is 12.7 Å². The summed E-state index contributed by atoms with van der Waals surface area (Å²) in [6.07, 6.45) is 48.3. The fourth-order valence-corrected chi connectivity index (χ4v) is 5.46. The third-order valence-electron chi connectivity index (χ3n) is 7.97. The Morgan fingerprint density at radius 2 is 0.457 bits per heavy atom. The van der Waals surface area contributed by atoms with Gasteiger partial charge in [0.2, 0.25) is 0 Å². The van der Waals surface area contributed by atoms with Crippen LogP contribution in [0.1, 0.15) is 212 Å². The van der Waals surface area contributed by atoms with E-state index in [0.29, 0.717) is 0 Å². The highest BCUT2D eigenvalue weighted by molar-refractivity contribution is 4.61. The van der Waals surface area contributed by atoms with Crippen LogP contribution in [0.4, 0.5) is 0 Å². The number of rotatable bonds is 32. The first-order chi connectivity index (χ1) is 17.4. The molecular weight excluding hydrogens is 420 g/mol. The molecule has 0 aromatic rings. The van der Waals surface area contributed by atoms with Crippen LogP contribution in [-0.2, 0) is 0 Å². The molecule has 0 aliphatic heterocycles. The van der Waals surface area contributed by atoms with Gasteiger partial charge in [-0.2, -0.15) is 0 Å². The molecule has 0 aliphatic carbocycles. The Hall–Kier alpha value is -0.260. The lowest BCUT2D eigenvalue weighted by molar-refractivity contribution is 0.512. The summed E-state index contributed by atoms with van der Waals surface area (Å²) in [6, 6.07) is 0. The molecule has 1 radical (unpaired) electrons. The van der Waals surface area contributed by atoms with Gasteiger partial charge in [0.25, 0.3) is 0 Å². The Kier molecular flexibility index (Phi) is 33.5. The van der Waals surface area contributed by atoms with E-state index < -0.39 is 0 Å². The predicted molar refractivity (Wildman–Crippen MR) is 162 cm³/mol. The zero-order valence-electron chi connectivity index (χ0n) is 24.8. The molecule has 0 amide bonds. The van der Waals surface area contributed by atoms with Crippen LogP contribution in [0.25, 0.3) is 0 Å². The van der Waals surface area contributed by atoms with Crippen molar-refractivity contribution < 1.29 is 0 Å². The molecule has 0 rings (SSSR count). The van der Waals surface area contributed by atoms with Gasteiger partial charge in [-0.25, -0.2) is 0 Å². The highest BCUT2D eigenvalue weighted by Gasteiger charge is 1.97. The normalized spacial score (nSPS) is 11.3. The highest BCUT2D eigenvalue weighted by atomic mass is 14.0. The molecule has 209 valence electrons. The molecule has 0 atom stereocenters. The summed E-state index contributed by atoms with van der Waals surface area (Å²) in [5.74, 6) is 0. The van der Waals surface area contributed by atoms with E-state index in [4.69, 9.17) is 6.58 Å². The van der Waals surface area contributed by atoms with Crippen molar-refractivity contribution in [2.45, 2.75) is 212 Å². The van der Waals surface area contributed by atoms with Gasteiger partial charge in [0.1, 0.15) is 0 Å². The number of hydrogen-bond acceptors (Lipinski definition) is 0. The first kappa shape index (κ1) is 34.7. The lowest BCUT2D eigenvalue weighted by Crippen LogP contribution is -1.85. The van der Waals surface area contributed by atoms with Crippen LogP contribution in [-0.4, -0.2) is 0 Å².